The minimum atomic E-state index is -4.44. The first-order valence-corrected chi connectivity index (χ1v) is 15.1. The van der Waals surface area contributed by atoms with Crippen molar-refractivity contribution in [3.05, 3.63) is 139 Å². The van der Waals surface area contributed by atoms with Crippen molar-refractivity contribution >= 4 is 29.6 Å². The van der Waals surface area contributed by atoms with Gasteiger partial charge in [0.15, 0.2) is 0 Å². The first kappa shape index (κ1) is 34.1. The van der Waals surface area contributed by atoms with Crippen LogP contribution in [0.25, 0.3) is 6.08 Å². The summed E-state index contributed by atoms with van der Waals surface area (Å²) in [7, 11) is 0. The zero-order valence-corrected chi connectivity index (χ0v) is 26.0. The van der Waals surface area contributed by atoms with Crippen molar-refractivity contribution < 1.29 is 32.2 Å². The molecule has 4 heterocycles. The first-order chi connectivity index (χ1) is 23.7. The van der Waals surface area contributed by atoms with Gasteiger partial charge in [-0.2, -0.15) is 13.2 Å². The molecular weight excluding hydrogens is 637 g/mol. The zero-order valence-electron chi connectivity index (χ0n) is 26.0. The molecule has 1 fully saturated rings. The molecule has 5 aromatic rings. The second-order valence-electron chi connectivity index (χ2n) is 10.6. The maximum absolute atomic E-state index is 12.7. The topological polar surface area (TPSA) is 119 Å². The lowest BCUT2D eigenvalue weighted by Crippen LogP contribution is -2.39. The predicted octanol–water partition coefficient (Wildman–Crippen LogP) is 8.69. The lowest BCUT2D eigenvalue weighted by Gasteiger charge is -2.28. The second kappa shape index (κ2) is 16.5. The average Bonchev–Trinajstić information content (AvgIpc) is 3.10. The number of amides is 3. The van der Waals surface area contributed by atoms with Gasteiger partial charge in [0, 0.05) is 37.7 Å². The smallest absolute Gasteiger partial charge is 0.417 e. The molecule has 1 saturated heterocycles. The molecule has 49 heavy (non-hydrogen) atoms. The van der Waals surface area contributed by atoms with E-state index < -0.39 is 17.8 Å². The molecule has 2 N–H and O–H groups in total. The fraction of sp³-hybridized carbons (Fsp3) is 0.139. The summed E-state index contributed by atoms with van der Waals surface area (Å²) in [5.41, 5.74) is 2.54. The number of carbonyl (C=O) groups excluding carboxylic acids is 2. The van der Waals surface area contributed by atoms with E-state index in [1.54, 1.807) is 90.4 Å². The Morgan fingerprint density at radius 3 is 2.04 bits per heavy atom. The van der Waals surface area contributed by atoms with Crippen LogP contribution in [-0.4, -0.2) is 45.1 Å². The van der Waals surface area contributed by atoms with E-state index in [4.69, 9.17) is 9.47 Å². The number of anilines is 2. The van der Waals surface area contributed by atoms with Crippen LogP contribution < -0.4 is 20.1 Å². The summed E-state index contributed by atoms with van der Waals surface area (Å²) in [6.07, 6.45) is 5.74. The van der Waals surface area contributed by atoms with Gasteiger partial charge in [-0.25, -0.2) is 14.6 Å². The third kappa shape index (κ3) is 10.9. The summed E-state index contributed by atoms with van der Waals surface area (Å²) in [5, 5.41) is 5.41. The number of hydrogen-bond donors (Lipinski definition) is 2. The molecule has 0 spiro atoms. The molecule has 6 rings (SSSR count). The van der Waals surface area contributed by atoms with Gasteiger partial charge in [0.25, 0.3) is 0 Å². The normalized spacial score (nSPS) is 12.6. The van der Waals surface area contributed by atoms with Crippen LogP contribution in [-0.2, 0) is 6.18 Å². The maximum atomic E-state index is 12.7. The highest BCUT2D eigenvalue weighted by Gasteiger charge is 2.30. The van der Waals surface area contributed by atoms with Crippen LogP contribution in [0, 0.1) is 0 Å². The molecular formula is C36H31F3N6O4. The first-order valence-electron chi connectivity index (χ1n) is 15.1. The van der Waals surface area contributed by atoms with E-state index in [1.165, 1.54) is 11.6 Å². The molecule has 250 valence electrons. The fourth-order valence-electron chi connectivity index (χ4n) is 4.59. The Balaban J connectivity index is 0.000000244. The summed E-state index contributed by atoms with van der Waals surface area (Å²) in [4.78, 5) is 37.2. The van der Waals surface area contributed by atoms with E-state index in [2.05, 4.69) is 25.6 Å². The minimum absolute atomic E-state index is 0.0840. The van der Waals surface area contributed by atoms with E-state index >= 15 is 0 Å². The summed E-state index contributed by atoms with van der Waals surface area (Å²) in [6.45, 7) is 1.20. The largest absolute Gasteiger partial charge is 0.439 e. The summed E-state index contributed by atoms with van der Waals surface area (Å²) < 4.78 is 48.7. The monoisotopic (exact) mass is 668 g/mol. The highest BCUT2D eigenvalue weighted by Crippen LogP contribution is 2.30. The third-order valence-corrected chi connectivity index (χ3v) is 6.98. The third-order valence-electron chi connectivity index (χ3n) is 6.98. The summed E-state index contributed by atoms with van der Waals surface area (Å²) in [6, 6.07) is 25.1. The molecule has 13 heteroatoms. The fourth-order valence-corrected chi connectivity index (χ4v) is 4.59. The number of alkyl halides is 3. The van der Waals surface area contributed by atoms with Gasteiger partial charge in [-0.1, -0.05) is 42.0 Å². The zero-order chi connectivity index (χ0) is 34.5. The van der Waals surface area contributed by atoms with Crippen LogP contribution in [0.15, 0.2) is 128 Å². The number of urea groups is 1. The van der Waals surface area contributed by atoms with Crippen LogP contribution in [0.4, 0.5) is 34.1 Å². The van der Waals surface area contributed by atoms with Gasteiger partial charge in [0.2, 0.25) is 5.88 Å². The molecule has 3 amide bonds. The van der Waals surface area contributed by atoms with Gasteiger partial charge in [-0.15, -0.1) is 0 Å². The number of nitrogens with one attached hydrogen (secondary N) is 2. The molecule has 1 aliphatic heterocycles. The number of carbonyl (C=O) groups is 2. The lowest BCUT2D eigenvalue weighted by molar-refractivity contribution is -0.137. The number of para-hydroxylation sites is 1. The van der Waals surface area contributed by atoms with E-state index in [-0.39, 0.29) is 11.9 Å². The number of pyridine rings is 3. The average molecular weight is 669 g/mol. The molecule has 0 atom stereocenters. The van der Waals surface area contributed by atoms with E-state index in [0.717, 1.165) is 30.7 Å². The Morgan fingerprint density at radius 2 is 1.43 bits per heavy atom. The number of rotatable bonds is 6. The van der Waals surface area contributed by atoms with Crippen LogP contribution in [0.5, 0.6) is 17.4 Å². The van der Waals surface area contributed by atoms with Crippen molar-refractivity contribution in [1.29, 1.82) is 0 Å². The number of aromatic nitrogens is 3. The quantitative estimate of drug-likeness (QED) is 0.186. The number of ether oxygens (including phenoxy) is 2. The molecule has 0 bridgehead atoms. The molecule has 3 aromatic heterocycles. The molecule has 1 aliphatic rings. The van der Waals surface area contributed by atoms with Crippen LogP contribution >= 0.6 is 0 Å². The van der Waals surface area contributed by atoms with Crippen LogP contribution in [0.2, 0.25) is 0 Å². The highest BCUT2D eigenvalue weighted by molar-refractivity contribution is 5.89. The van der Waals surface area contributed by atoms with Gasteiger partial charge in [0.1, 0.15) is 11.5 Å². The van der Waals surface area contributed by atoms with Crippen LogP contribution in [0.3, 0.4) is 0 Å². The number of nitrogens with zero attached hydrogens (tertiary/aromatic N) is 4. The summed E-state index contributed by atoms with van der Waals surface area (Å²) in [5.74, 6) is 1.06. The minimum Gasteiger partial charge on any atom is -0.439 e. The Bertz CT molecular complexity index is 1790. The van der Waals surface area contributed by atoms with Gasteiger partial charge in [-0.05, 0) is 73.0 Å². The molecule has 0 saturated carbocycles. The Kier molecular flexibility index (Phi) is 11.5. The predicted molar refractivity (Wildman–Crippen MR) is 178 cm³/mol. The molecule has 2 aromatic carbocycles. The van der Waals surface area contributed by atoms with E-state index in [0.29, 0.717) is 36.0 Å². The van der Waals surface area contributed by atoms with Gasteiger partial charge < -0.3 is 19.7 Å². The second-order valence-corrected chi connectivity index (χ2v) is 10.6. The van der Waals surface area contributed by atoms with Crippen molar-refractivity contribution in [2.24, 2.45) is 0 Å². The van der Waals surface area contributed by atoms with Crippen LogP contribution in [0.1, 0.15) is 24.0 Å². The van der Waals surface area contributed by atoms with Crippen molar-refractivity contribution in [3.63, 3.8) is 0 Å². The van der Waals surface area contributed by atoms with Crippen molar-refractivity contribution in [3.8, 4) is 17.4 Å². The Morgan fingerprint density at radius 1 is 0.755 bits per heavy atom. The van der Waals surface area contributed by atoms with E-state index in [1.807, 2.05) is 24.3 Å². The van der Waals surface area contributed by atoms with Crippen molar-refractivity contribution in [2.45, 2.75) is 19.0 Å². The SMILES string of the molecule is O=C(Nc1cccnc1)N1CCC(=Cc2cccc(Oc3ccc(C(F)(F)F)cn3)c2)CC1.O=C(Nc1cccnc1)Oc1ccccc1. The van der Waals surface area contributed by atoms with E-state index in [9.17, 15) is 22.8 Å². The Hall–Kier alpha value is -6.24. The van der Waals surface area contributed by atoms with Gasteiger partial charge >= 0.3 is 18.3 Å². The lowest BCUT2D eigenvalue weighted by atomic mass is 10.0. The standard InChI is InChI=1S/C24H21F3N4O2.C12H10N2O2/c25-24(26,27)19-6-7-22(29-15-19)33-21-5-1-3-18(14-21)13-17-8-11-31(12-9-17)23(32)30-20-4-2-10-28-16-20;15-12(14-10-5-4-8-13-9-10)16-11-6-2-1-3-7-11/h1-7,10,13-16H,8-9,11-12H2,(H,30,32);1-9H,(H,14,15). The van der Waals surface area contributed by atoms with Crippen molar-refractivity contribution in [2.75, 3.05) is 23.7 Å². The Labute approximate surface area is 280 Å². The number of hydrogen-bond acceptors (Lipinski definition) is 7. The molecule has 10 nitrogen and oxygen atoms in total. The van der Waals surface area contributed by atoms with Gasteiger partial charge in [-0.3, -0.25) is 15.3 Å². The van der Waals surface area contributed by atoms with Crippen molar-refractivity contribution in [1.82, 2.24) is 19.9 Å². The highest BCUT2D eigenvalue weighted by atomic mass is 19.4. The number of benzene rings is 2. The number of likely N-dealkylation sites (tertiary alicyclic amines) is 1. The number of piperidine rings is 1. The molecule has 0 radical (unpaired) electrons. The maximum Gasteiger partial charge on any atom is 0.417 e. The molecule has 0 aliphatic carbocycles. The number of halogens is 3. The summed E-state index contributed by atoms with van der Waals surface area (Å²) >= 11 is 0. The molecule has 0 unspecified atom stereocenters. The van der Waals surface area contributed by atoms with Gasteiger partial charge in [0.05, 0.1) is 29.3 Å².